The van der Waals surface area contributed by atoms with Crippen LogP contribution in [0.15, 0.2) is 0 Å². The first-order valence-electron chi connectivity index (χ1n) is 8.39. The Morgan fingerprint density at radius 3 is 1.55 bits per heavy atom. The predicted octanol–water partition coefficient (Wildman–Crippen LogP) is 5.52. The summed E-state index contributed by atoms with van der Waals surface area (Å²) in [6.45, 7) is -0.810. The van der Waals surface area contributed by atoms with Crippen LogP contribution in [0.25, 0.3) is 0 Å². The molecule has 0 radical (unpaired) electrons. The Labute approximate surface area is 158 Å². The van der Waals surface area contributed by atoms with Crippen molar-refractivity contribution in [1.29, 1.82) is 0 Å². The second-order valence-electron chi connectivity index (χ2n) is 6.86. The lowest BCUT2D eigenvalue weighted by Crippen LogP contribution is -2.56. The number of rotatable bonds is 7. The standard InChI is InChI=1S/C15H19F12NO/c1-7(12(18,19)10(16)15(25,26)27)29-8(2)13(20,21)11(17)28-5-3-9(4-6-28)14(22,23)24/h7-11H,3-6H2,1-2H3. The third-order valence-corrected chi connectivity index (χ3v) is 4.75. The van der Waals surface area contributed by atoms with Gasteiger partial charge in [0.2, 0.25) is 6.30 Å². The number of ether oxygens (including phenoxy) is 1. The van der Waals surface area contributed by atoms with Gasteiger partial charge in [-0.15, -0.1) is 0 Å². The molecule has 4 atom stereocenters. The van der Waals surface area contributed by atoms with Crippen molar-refractivity contribution in [2.45, 2.75) is 75.6 Å². The van der Waals surface area contributed by atoms with Crippen LogP contribution in [0.5, 0.6) is 0 Å². The highest BCUT2D eigenvalue weighted by Crippen LogP contribution is 2.41. The maximum absolute atomic E-state index is 14.2. The van der Waals surface area contributed by atoms with Crippen LogP contribution >= 0.6 is 0 Å². The molecule has 0 aromatic carbocycles. The fraction of sp³-hybridized carbons (Fsp3) is 1.00. The molecule has 0 saturated carbocycles. The smallest absolute Gasteiger partial charge is 0.363 e. The summed E-state index contributed by atoms with van der Waals surface area (Å²) in [5.74, 6) is -11.6. The molecule has 0 bridgehead atoms. The number of piperidine rings is 1. The van der Waals surface area contributed by atoms with Gasteiger partial charge >= 0.3 is 24.2 Å². The fourth-order valence-corrected chi connectivity index (χ4v) is 2.80. The van der Waals surface area contributed by atoms with Crippen molar-refractivity contribution in [3.63, 3.8) is 0 Å². The maximum Gasteiger partial charge on any atom is 0.425 e. The quantitative estimate of drug-likeness (QED) is 0.369. The Morgan fingerprint density at radius 2 is 1.17 bits per heavy atom. The van der Waals surface area contributed by atoms with Crippen LogP contribution in [0, 0.1) is 5.92 Å². The summed E-state index contributed by atoms with van der Waals surface area (Å²) < 4.78 is 161. The van der Waals surface area contributed by atoms with Crippen LogP contribution in [0.2, 0.25) is 0 Å². The topological polar surface area (TPSA) is 12.5 Å². The molecule has 174 valence electrons. The van der Waals surface area contributed by atoms with Crippen molar-refractivity contribution in [2.24, 2.45) is 5.92 Å². The van der Waals surface area contributed by atoms with E-state index < -0.39 is 80.7 Å². The summed E-state index contributed by atoms with van der Waals surface area (Å²) in [5, 5.41) is 0. The molecule has 1 aliphatic rings. The molecule has 1 aliphatic heterocycles. The molecule has 1 rings (SSSR count). The Kier molecular flexibility index (Phi) is 7.81. The van der Waals surface area contributed by atoms with E-state index in [1.165, 1.54) is 0 Å². The van der Waals surface area contributed by atoms with Gasteiger partial charge in [0, 0.05) is 13.1 Å². The largest absolute Gasteiger partial charge is 0.425 e. The van der Waals surface area contributed by atoms with Crippen molar-refractivity contribution < 1.29 is 57.4 Å². The summed E-state index contributed by atoms with van der Waals surface area (Å²) in [4.78, 5) is 0.360. The molecular weight excluding hydrogens is 438 g/mol. The third kappa shape index (κ3) is 6.05. The van der Waals surface area contributed by atoms with Crippen LogP contribution in [0.3, 0.4) is 0 Å². The lowest BCUT2D eigenvalue weighted by atomic mass is 9.95. The van der Waals surface area contributed by atoms with Crippen molar-refractivity contribution in [2.75, 3.05) is 13.1 Å². The number of halogens is 12. The summed E-state index contributed by atoms with van der Waals surface area (Å²) in [6.07, 6.45) is -25.6. The van der Waals surface area contributed by atoms with E-state index in [0.717, 1.165) is 0 Å². The summed E-state index contributed by atoms with van der Waals surface area (Å²) in [7, 11) is 0. The molecule has 1 fully saturated rings. The molecule has 0 aromatic rings. The van der Waals surface area contributed by atoms with Crippen molar-refractivity contribution in [3.05, 3.63) is 0 Å². The Morgan fingerprint density at radius 1 is 0.759 bits per heavy atom. The first-order chi connectivity index (χ1) is 12.8. The first kappa shape index (κ1) is 26.1. The normalized spacial score (nSPS) is 23.0. The molecule has 2 nitrogen and oxygen atoms in total. The van der Waals surface area contributed by atoms with Crippen LogP contribution in [-0.4, -0.2) is 66.9 Å². The van der Waals surface area contributed by atoms with Gasteiger partial charge in [0.15, 0.2) is 0 Å². The van der Waals surface area contributed by atoms with Crippen LogP contribution in [0.1, 0.15) is 26.7 Å². The number of alkyl halides is 12. The molecule has 0 N–H and O–H groups in total. The van der Waals surface area contributed by atoms with Gasteiger partial charge in [-0.1, -0.05) is 0 Å². The summed E-state index contributed by atoms with van der Waals surface area (Å²) in [5.41, 5.74) is 0. The Hall–Kier alpha value is -0.920. The van der Waals surface area contributed by atoms with E-state index in [1.807, 2.05) is 0 Å². The molecule has 1 heterocycles. The molecule has 0 amide bonds. The van der Waals surface area contributed by atoms with E-state index >= 15 is 0 Å². The number of hydrogen-bond acceptors (Lipinski definition) is 2. The van der Waals surface area contributed by atoms with E-state index in [1.54, 1.807) is 0 Å². The highest BCUT2D eigenvalue weighted by molar-refractivity contribution is 4.91. The van der Waals surface area contributed by atoms with Gasteiger partial charge in [0.05, 0.1) is 5.92 Å². The average Bonchev–Trinajstić information content (AvgIpc) is 2.58. The molecule has 1 saturated heterocycles. The minimum atomic E-state index is -5.99. The zero-order valence-corrected chi connectivity index (χ0v) is 15.1. The number of hydrogen-bond donors (Lipinski definition) is 0. The lowest BCUT2D eigenvalue weighted by Gasteiger charge is -2.39. The van der Waals surface area contributed by atoms with Crippen LogP contribution in [-0.2, 0) is 4.74 Å². The molecule has 4 unspecified atom stereocenters. The van der Waals surface area contributed by atoms with Gasteiger partial charge in [-0.2, -0.15) is 35.1 Å². The summed E-state index contributed by atoms with van der Waals surface area (Å²) in [6, 6.07) is 0. The van der Waals surface area contributed by atoms with Gasteiger partial charge in [0.1, 0.15) is 12.2 Å². The molecule has 0 aromatic heterocycles. The van der Waals surface area contributed by atoms with E-state index in [-0.39, 0.29) is 6.92 Å². The molecule has 0 aliphatic carbocycles. The minimum Gasteiger partial charge on any atom is -0.363 e. The third-order valence-electron chi connectivity index (χ3n) is 4.75. The molecule has 0 spiro atoms. The van der Waals surface area contributed by atoms with Gasteiger partial charge in [0.25, 0.3) is 6.17 Å². The highest BCUT2D eigenvalue weighted by atomic mass is 19.4. The number of likely N-dealkylation sites (tertiary alicyclic amines) is 1. The van der Waals surface area contributed by atoms with Gasteiger partial charge in [-0.05, 0) is 26.7 Å². The van der Waals surface area contributed by atoms with Crippen molar-refractivity contribution in [1.82, 2.24) is 4.90 Å². The second kappa shape index (κ2) is 8.67. The monoisotopic (exact) mass is 457 g/mol. The SMILES string of the molecule is CC(OC(C)C(F)(F)C(F)C(F)(F)F)C(F)(F)C(F)N1CCC(C(F)(F)F)CC1. The van der Waals surface area contributed by atoms with Gasteiger partial charge in [-0.3, -0.25) is 4.90 Å². The lowest BCUT2D eigenvalue weighted by molar-refractivity contribution is -0.291. The van der Waals surface area contributed by atoms with E-state index in [0.29, 0.717) is 11.8 Å². The second-order valence-corrected chi connectivity index (χ2v) is 6.86. The maximum atomic E-state index is 14.2. The van der Waals surface area contributed by atoms with Gasteiger partial charge in [-0.25, -0.2) is 17.6 Å². The summed E-state index contributed by atoms with van der Waals surface area (Å²) >= 11 is 0. The van der Waals surface area contributed by atoms with Crippen molar-refractivity contribution >= 4 is 0 Å². The van der Waals surface area contributed by atoms with E-state index in [9.17, 15) is 52.7 Å². The van der Waals surface area contributed by atoms with E-state index in [2.05, 4.69) is 4.74 Å². The fourth-order valence-electron chi connectivity index (χ4n) is 2.80. The Bertz CT molecular complexity index is 526. The number of nitrogens with zero attached hydrogens (tertiary/aromatic N) is 1. The molecule has 29 heavy (non-hydrogen) atoms. The van der Waals surface area contributed by atoms with Crippen molar-refractivity contribution in [3.8, 4) is 0 Å². The van der Waals surface area contributed by atoms with Crippen LogP contribution in [0.4, 0.5) is 52.7 Å². The Balaban J connectivity index is 2.78. The molecule has 14 heteroatoms. The first-order valence-corrected chi connectivity index (χ1v) is 8.39. The molecular formula is C15H19F12NO. The van der Waals surface area contributed by atoms with E-state index in [4.69, 9.17) is 0 Å². The highest BCUT2D eigenvalue weighted by Gasteiger charge is 2.61. The van der Waals surface area contributed by atoms with Crippen LogP contribution < -0.4 is 0 Å². The van der Waals surface area contributed by atoms with Gasteiger partial charge < -0.3 is 4.74 Å². The predicted molar refractivity (Wildman–Crippen MR) is 76.1 cm³/mol. The zero-order chi connectivity index (χ0) is 23.0. The average molecular weight is 457 g/mol. The zero-order valence-electron chi connectivity index (χ0n) is 15.1. The minimum absolute atomic E-state index is 0.215.